The molecule has 2 amide bonds. The normalized spacial score (nSPS) is 21.3. The lowest BCUT2D eigenvalue weighted by Crippen LogP contribution is -2.52. The SMILES string of the molecule is CC(=O)N(CCCCO)C1c2ccccc2N(C(=O)c2ccc(OC(F)(F)F)cc2)C2CCCC12. The van der Waals surface area contributed by atoms with Gasteiger partial charge in [0.05, 0.1) is 6.04 Å². The summed E-state index contributed by atoms with van der Waals surface area (Å²) in [5.74, 6) is -0.680. The number of anilines is 1. The molecule has 1 fully saturated rings. The smallest absolute Gasteiger partial charge is 0.406 e. The molecule has 6 nitrogen and oxygen atoms in total. The minimum Gasteiger partial charge on any atom is -0.406 e. The first-order chi connectivity index (χ1) is 16.7. The molecule has 188 valence electrons. The third-order valence-electron chi connectivity index (χ3n) is 6.88. The van der Waals surface area contributed by atoms with Gasteiger partial charge in [0, 0.05) is 43.3 Å². The molecule has 2 aromatic carbocycles. The molecule has 1 saturated carbocycles. The Kier molecular flexibility index (Phi) is 7.35. The van der Waals surface area contributed by atoms with Gasteiger partial charge in [-0.1, -0.05) is 24.6 Å². The van der Waals surface area contributed by atoms with Gasteiger partial charge < -0.3 is 19.6 Å². The lowest BCUT2D eigenvalue weighted by Gasteiger charge is -2.47. The monoisotopic (exact) mass is 490 g/mol. The summed E-state index contributed by atoms with van der Waals surface area (Å²) in [6.45, 7) is 2.13. The molecule has 0 aromatic heterocycles. The van der Waals surface area contributed by atoms with Gasteiger partial charge in [-0.05, 0) is 61.6 Å². The standard InChI is InChI=1S/C26H29F3N2O4/c1-17(33)30(15-4-5-16-32)24-20-7-2-3-9-22(20)31(23-10-6-8-21(23)24)25(34)18-11-13-19(14-12-18)35-26(27,28)29/h2-3,7,9,11-14,21,23-24,32H,4-6,8,10,15-16H2,1H3. The summed E-state index contributed by atoms with van der Waals surface area (Å²) < 4.78 is 41.5. The number of carbonyl (C=O) groups excluding carboxylic acids is 2. The number of ether oxygens (including phenoxy) is 1. The number of aliphatic hydroxyl groups is 1. The van der Waals surface area contributed by atoms with Crippen molar-refractivity contribution in [2.75, 3.05) is 18.1 Å². The van der Waals surface area contributed by atoms with Crippen LogP contribution in [0.3, 0.4) is 0 Å². The molecule has 0 spiro atoms. The van der Waals surface area contributed by atoms with E-state index in [4.69, 9.17) is 0 Å². The second-order valence-corrected chi connectivity index (χ2v) is 9.06. The number of benzene rings is 2. The molecule has 2 aromatic rings. The van der Waals surface area contributed by atoms with Crippen molar-refractivity contribution in [3.05, 3.63) is 59.7 Å². The van der Waals surface area contributed by atoms with Gasteiger partial charge >= 0.3 is 6.36 Å². The average molecular weight is 491 g/mol. The molecule has 1 N–H and O–H groups in total. The number of halogens is 3. The van der Waals surface area contributed by atoms with E-state index in [1.54, 1.807) is 11.8 Å². The highest BCUT2D eigenvalue weighted by Crippen LogP contribution is 2.50. The second-order valence-electron chi connectivity index (χ2n) is 9.06. The molecule has 4 rings (SSSR count). The number of fused-ring (bicyclic) bond motifs is 2. The maximum atomic E-state index is 13.7. The lowest BCUT2D eigenvalue weighted by atomic mass is 9.81. The average Bonchev–Trinajstić information content (AvgIpc) is 3.29. The third kappa shape index (κ3) is 5.29. The van der Waals surface area contributed by atoms with Gasteiger partial charge in [-0.2, -0.15) is 0 Å². The number of aliphatic hydroxyl groups excluding tert-OH is 1. The van der Waals surface area contributed by atoms with E-state index in [0.717, 1.165) is 42.6 Å². The fourth-order valence-electron chi connectivity index (χ4n) is 5.51. The molecule has 3 atom stereocenters. The van der Waals surface area contributed by atoms with Gasteiger partial charge in [0.25, 0.3) is 5.91 Å². The van der Waals surface area contributed by atoms with Crippen molar-refractivity contribution in [2.45, 2.75) is 57.5 Å². The zero-order chi connectivity index (χ0) is 25.2. The van der Waals surface area contributed by atoms with Crippen molar-refractivity contribution in [1.82, 2.24) is 4.90 Å². The summed E-state index contributed by atoms with van der Waals surface area (Å²) in [6, 6.07) is 12.2. The van der Waals surface area contributed by atoms with Crippen LogP contribution in [0, 0.1) is 5.92 Å². The summed E-state index contributed by atoms with van der Waals surface area (Å²) in [5.41, 5.74) is 1.87. The molecule has 0 saturated heterocycles. The maximum absolute atomic E-state index is 13.7. The van der Waals surface area contributed by atoms with E-state index in [2.05, 4.69) is 4.74 Å². The number of hydrogen-bond acceptors (Lipinski definition) is 4. The summed E-state index contributed by atoms with van der Waals surface area (Å²) >= 11 is 0. The Labute approximate surface area is 202 Å². The highest BCUT2D eigenvalue weighted by atomic mass is 19.4. The summed E-state index contributed by atoms with van der Waals surface area (Å²) in [6.07, 6.45) is -0.978. The topological polar surface area (TPSA) is 70.1 Å². The van der Waals surface area contributed by atoms with Crippen molar-refractivity contribution in [3.8, 4) is 5.75 Å². The quantitative estimate of drug-likeness (QED) is 0.550. The molecule has 0 radical (unpaired) electrons. The highest BCUT2D eigenvalue weighted by Gasteiger charge is 2.48. The van der Waals surface area contributed by atoms with Crippen molar-refractivity contribution < 1.29 is 32.6 Å². The van der Waals surface area contributed by atoms with Crippen LogP contribution in [0.15, 0.2) is 48.5 Å². The Morgan fingerprint density at radius 1 is 1.09 bits per heavy atom. The van der Waals surface area contributed by atoms with Gasteiger partial charge in [0.15, 0.2) is 0 Å². The number of nitrogens with zero attached hydrogens (tertiary/aromatic N) is 2. The zero-order valence-electron chi connectivity index (χ0n) is 19.5. The van der Waals surface area contributed by atoms with Crippen LogP contribution in [0.2, 0.25) is 0 Å². The minimum absolute atomic E-state index is 0.0414. The fourth-order valence-corrected chi connectivity index (χ4v) is 5.51. The second kappa shape index (κ2) is 10.3. The Bertz CT molecular complexity index is 1060. The largest absolute Gasteiger partial charge is 0.573 e. The Balaban J connectivity index is 1.69. The maximum Gasteiger partial charge on any atom is 0.573 e. The number of alkyl halides is 3. The molecule has 9 heteroatoms. The van der Waals surface area contributed by atoms with E-state index in [1.165, 1.54) is 12.1 Å². The van der Waals surface area contributed by atoms with Crippen LogP contribution in [0.1, 0.15) is 61.0 Å². The number of para-hydroxylation sites is 1. The predicted octanol–water partition coefficient (Wildman–Crippen LogP) is 5.08. The van der Waals surface area contributed by atoms with Crippen LogP contribution >= 0.6 is 0 Å². The van der Waals surface area contributed by atoms with Gasteiger partial charge in [0.2, 0.25) is 5.91 Å². The fraction of sp³-hybridized carbons (Fsp3) is 0.462. The van der Waals surface area contributed by atoms with Crippen LogP contribution in [0.5, 0.6) is 5.75 Å². The molecule has 1 aliphatic carbocycles. The minimum atomic E-state index is -4.80. The van der Waals surface area contributed by atoms with Gasteiger partial charge in [-0.3, -0.25) is 9.59 Å². The highest BCUT2D eigenvalue weighted by molar-refractivity contribution is 6.07. The van der Waals surface area contributed by atoms with E-state index in [9.17, 15) is 27.9 Å². The van der Waals surface area contributed by atoms with E-state index >= 15 is 0 Å². The Morgan fingerprint density at radius 3 is 2.46 bits per heavy atom. The van der Waals surface area contributed by atoms with Gasteiger partial charge in [0.1, 0.15) is 5.75 Å². The summed E-state index contributed by atoms with van der Waals surface area (Å²) in [5, 5.41) is 9.20. The zero-order valence-corrected chi connectivity index (χ0v) is 19.5. The molecule has 1 heterocycles. The first-order valence-corrected chi connectivity index (χ1v) is 11.9. The number of amides is 2. The first kappa shape index (κ1) is 25.0. The molecule has 3 unspecified atom stereocenters. The lowest BCUT2D eigenvalue weighted by molar-refractivity contribution is -0.274. The van der Waals surface area contributed by atoms with Gasteiger partial charge in [-0.15, -0.1) is 13.2 Å². The van der Waals surface area contributed by atoms with Crippen LogP contribution < -0.4 is 9.64 Å². The number of rotatable bonds is 7. The van der Waals surface area contributed by atoms with Crippen LogP contribution in [0.25, 0.3) is 0 Å². The van der Waals surface area contributed by atoms with Crippen LogP contribution in [0.4, 0.5) is 18.9 Å². The van der Waals surface area contributed by atoms with Crippen LogP contribution in [-0.2, 0) is 4.79 Å². The van der Waals surface area contributed by atoms with Crippen LogP contribution in [-0.4, -0.2) is 47.4 Å². The Hall–Kier alpha value is -3.07. The summed E-state index contributed by atoms with van der Waals surface area (Å²) in [7, 11) is 0. The van der Waals surface area contributed by atoms with E-state index < -0.39 is 6.36 Å². The molecule has 1 aliphatic heterocycles. The molecular weight excluding hydrogens is 461 g/mol. The van der Waals surface area contributed by atoms with Crippen molar-refractivity contribution in [2.24, 2.45) is 5.92 Å². The van der Waals surface area contributed by atoms with Crippen molar-refractivity contribution in [1.29, 1.82) is 0 Å². The van der Waals surface area contributed by atoms with E-state index in [-0.39, 0.29) is 47.7 Å². The summed E-state index contributed by atoms with van der Waals surface area (Å²) in [4.78, 5) is 30.0. The number of carbonyl (C=O) groups is 2. The molecular formula is C26H29F3N2O4. The van der Waals surface area contributed by atoms with Gasteiger partial charge in [-0.25, -0.2) is 0 Å². The first-order valence-electron chi connectivity index (χ1n) is 11.9. The molecule has 0 bridgehead atoms. The molecule has 35 heavy (non-hydrogen) atoms. The van der Waals surface area contributed by atoms with E-state index in [1.807, 2.05) is 29.2 Å². The number of unbranched alkanes of at least 4 members (excludes halogenated alkanes) is 1. The number of hydrogen-bond donors (Lipinski definition) is 1. The Morgan fingerprint density at radius 2 is 1.80 bits per heavy atom. The van der Waals surface area contributed by atoms with Crippen molar-refractivity contribution >= 4 is 17.5 Å². The van der Waals surface area contributed by atoms with E-state index in [0.29, 0.717) is 19.4 Å². The van der Waals surface area contributed by atoms with Crippen molar-refractivity contribution in [3.63, 3.8) is 0 Å². The predicted molar refractivity (Wildman–Crippen MR) is 124 cm³/mol. The third-order valence-corrected chi connectivity index (χ3v) is 6.88. The molecule has 2 aliphatic rings.